The average Bonchev–Trinajstić information content (AvgIpc) is 2.55. The van der Waals surface area contributed by atoms with Gasteiger partial charge in [-0.05, 0) is 6.07 Å². The SMILES string of the molecule is Nc1ccn([C@@H]2O[C@](S)(CO)[C@@H](O)[C@H]2O)c(=O)n1. The zero-order valence-corrected chi connectivity index (χ0v) is 10.1. The van der Waals surface area contributed by atoms with Gasteiger partial charge >= 0.3 is 5.69 Å². The van der Waals surface area contributed by atoms with Crippen molar-refractivity contribution in [3.05, 3.63) is 22.7 Å². The molecule has 0 amide bonds. The van der Waals surface area contributed by atoms with E-state index in [1.807, 2.05) is 0 Å². The van der Waals surface area contributed by atoms with Gasteiger partial charge in [0.1, 0.15) is 18.0 Å². The number of anilines is 1. The van der Waals surface area contributed by atoms with Crippen LogP contribution in [0.1, 0.15) is 6.23 Å². The summed E-state index contributed by atoms with van der Waals surface area (Å²) in [5, 5.41) is 28.6. The summed E-state index contributed by atoms with van der Waals surface area (Å²) in [6, 6.07) is 1.35. The minimum absolute atomic E-state index is 0.0311. The molecule has 8 nitrogen and oxygen atoms in total. The Morgan fingerprint density at radius 3 is 2.78 bits per heavy atom. The number of aliphatic hydroxyl groups excluding tert-OH is 3. The van der Waals surface area contributed by atoms with Crippen LogP contribution < -0.4 is 11.4 Å². The van der Waals surface area contributed by atoms with E-state index in [0.29, 0.717) is 0 Å². The van der Waals surface area contributed by atoms with Crippen molar-refractivity contribution in [2.45, 2.75) is 23.4 Å². The van der Waals surface area contributed by atoms with Gasteiger partial charge in [0.2, 0.25) is 0 Å². The lowest BCUT2D eigenvalue weighted by molar-refractivity contribution is -0.0726. The van der Waals surface area contributed by atoms with Crippen LogP contribution in [0, 0.1) is 0 Å². The van der Waals surface area contributed by atoms with Gasteiger partial charge in [-0.3, -0.25) is 4.57 Å². The molecular weight excluding hydrogens is 262 g/mol. The first-order valence-corrected chi connectivity index (χ1v) is 5.55. The van der Waals surface area contributed by atoms with E-state index in [2.05, 4.69) is 17.6 Å². The van der Waals surface area contributed by atoms with Gasteiger partial charge < -0.3 is 25.8 Å². The van der Waals surface area contributed by atoms with Crippen molar-refractivity contribution in [2.24, 2.45) is 0 Å². The molecule has 2 heterocycles. The number of aromatic nitrogens is 2. The Morgan fingerprint density at radius 2 is 2.28 bits per heavy atom. The summed E-state index contributed by atoms with van der Waals surface area (Å²) in [5.41, 5.74) is 4.60. The number of thiol groups is 1. The lowest BCUT2D eigenvalue weighted by atomic mass is 10.1. The molecular formula is C9H13N3O5S. The monoisotopic (exact) mass is 275 g/mol. The molecule has 100 valence electrons. The quantitative estimate of drug-likeness (QED) is 0.383. The van der Waals surface area contributed by atoms with E-state index in [1.165, 1.54) is 12.3 Å². The molecule has 5 N–H and O–H groups in total. The van der Waals surface area contributed by atoms with Gasteiger partial charge in [0.15, 0.2) is 11.2 Å². The largest absolute Gasteiger partial charge is 0.392 e. The van der Waals surface area contributed by atoms with Crippen molar-refractivity contribution in [3.8, 4) is 0 Å². The maximum Gasteiger partial charge on any atom is 0.351 e. The molecule has 0 radical (unpaired) electrons. The van der Waals surface area contributed by atoms with Crippen LogP contribution in [0.2, 0.25) is 0 Å². The third-order valence-electron chi connectivity index (χ3n) is 2.75. The summed E-state index contributed by atoms with van der Waals surface area (Å²) in [6.07, 6.45) is -2.77. The van der Waals surface area contributed by atoms with Crippen LogP contribution in [0.5, 0.6) is 0 Å². The Labute approximate surface area is 107 Å². The highest BCUT2D eigenvalue weighted by Gasteiger charge is 2.52. The van der Waals surface area contributed by atoms with Crippen LogP contribution in [0.25, 0.3) is 0 Å². The molecule has 0 bridgehead atoms. The van der Waals surface area contributed by atoms with Gasteiger partial charge in [-0.25, -0.2) is 4.79 Å². The number of nitrogen functional groups attached to an aromatic ring is 1. The van der Waals surface area contributed by atoms with E-state index < -0.39 is 35.7 Å². The normalized spacial score (nSPS) is 35.9. The van der Waals surface area contributed by atoms with E-state index in [9.17, 15) is 15.0 Å². The second kappa shape index (κ2) is 4.52. The van der Waals surface area contributed by atoms with E-state index in [0.717, 1.165) is 4.57 Å². The van der Waals surface area contributed by atoms with Gasteiger partial charge in [0.05, 0.1) is 6.61 Å². The van der Waals surface area contributed by atoms with E-state index in [-0.39, 0.29) is 5.82 Å². The zero-order chi connectivity index (χ0) is 13.5. The average molecular weight is 275 g/mol. The Morgan fingerprint density at radius 1 is 1.61 bits per heavy atom. The highest BCUT2D eigenvalue weighted by Crippen LogP contribution is 2.38. The zero-order valence-electron chi connectivity index (χ0n) is 9.17. The Bertz CT molecular complexity index is 509. The highest BCUT2D eigenvalue weighted by atomic mass is 32.1. The van der Waals surface area contributed by atoms with Crippen molar-refractivity contribution >= 4 is 18.4 Å². The third-order valence-corrected chi connectivity index (χ3v) is 3.27. The molecule has 1 aliphatic heterocycles. The molecule has 0 spiro atoms. The van der Waals surface area contributed by atoms with Crippen LogP contribution in [-0.4, -0.2) is 48.6 Å². The summed E-state index contributed by atoms with van der Waals surface area (Å²) >= 11 is 3.96. The molecule has 1 aliphatic rings. The number of ether oxygens (including phenoxy) is 1. The lowest BCUT2D eigenvalue weighted by Gasteiger charge is -2.23. The second-order valence-corrected chi connectivity index (χ2v) is 4.75. The summed E-state index contributed by atoms with van der Waals surface area (Å²) in [7, 11) is 0. The molecule has 0 saturated carbocycles. The summed E-state index contributed by atoms with van der Waals surface area (Å²) in [5.74, 6) is 0.0311. The topological polar surface area (TPSA) is 131 Å². The second-order valence-electron chi connectivity index (χ2n) is 3.99. The van der Waals surface area contributed by atoms with E-state index in [1.54, 1.807) is 0 Å². The molecule has 1 fully saturated rings. The number of rotatable bonds is 2. The molecule has 0 unspecified atom stereocenters. The number of nitrogens with zero attached hydrogens (tertiary/aromatic N) is 2. The fourth-order valence-corrected chi connectivity index (χ4v) is 2.00. The van der Waals surface area contributed by atoms with Crippen molar-refractivity contribution in [1.29, 1.82) is 0 Å². The van der Waals surface area contributed by atoms with Crippen molar-refractivity contribution in [2.75, 3.05) is 12.3 Å². The Balaban J connectivity index is 2.38. The van der Waals surface area contributed by atoms with Gasteiger partial charge in [0, 0.05) is 6.20 Å². The maximum absolute atomic E-state index is 11.6. The first-order chi connectivity index (χ1) is 8.39. The van der Waals surface area contributed by atoms with Gasteiger partial charge in [-0.15, -0.1) is 12.6 Å². The van der Waals surface area contributed by atoms with Gasteiger partial charge in [-0.2, -0.15) is 4.98 Å². The fraction of sp³-hybridized carbons (Fsp3) is 0.556. The molecule has 0 aliphatic carbocycles. The Hall–Kier alpha value is -1.13. The lowest BCUT2D eigenvalue weighted by Crippen LogP contribution is -2.41. The van der Waals surface area contributed by atoms with E-state index >= 15 is 0 Å². The summed E-state index contributed by atoms with van der Waals surface area (Å²) in [4.78, 5) is 13.4. The highest BCUT2D eigenvalue weighted by molar-refractivity contribution is 7.81. The van der Waals surface area contributed by atoms with Crippen molar-refractivity contribution in [1.82, 2.24) is 9.55 Å². The molecule has 0 aromatic carbocycles. The molecule has 1 aromatic rings. The molecule has 18 heavy (non-hydrogen) atoms. The number of hydrogen-bond acceptors (Lipinski definition) is 8. The maximum atomic E-state index is 11.6. The Kier molecular flexibility index (Phi) is 3.34. The summed E-state index contributed by atoms with van der Waals surface area (Å²) < 4.78 is 6.20. The van der Waals surface area contributed by atoms with Crippen LogP contribution in [0.15, 0.2) is 17.1 Å². The van der Waals surface area contributed by atoms with Crippen molar-refractivity contribution < 1.29 is 20.1 Å². The molecule has 1 saturated heterocycles. The van der Waals surface area contributed by atoms with Crippen LogP contribution in [-0.2, 0) is 4.74 Å². The molecule has 2 rings (SSSR count). The van der Waals surface area contributed by atoms with E-state index in [4.69, 9.17) is 15.6 Å². The number of hydrogen-bond donors (Lipinski definition) is 5. The first-order valence-electron chi connectivity index (χ1n) is 5.11. The third kappa shape index (κ3) is 1.99. The fourth-order valence-electron chi connectivity index (χ4n) is 1.74. The molecule has 9 heteroatoms. The van der Waals surface area contributed by atoms with Gasteiger partial charge in [-0.1, -0.05) is 0 Å². The molecule has 1 aromatic heterocycles. The van der Waals surface area contributed by atoms with Crippen molar-refractivity contribution in [3.63, 3.8) is 0 Å². The number of nitrogens with two attached hydrogens (primary N) is 1. The first kappa shape index (κ1) is 13.3. The van der Waals surface area contributed by atoms with Crippen LogP contribution in [0.4, 0.5) is 5.82 Å². The van der Waals surface area contributed by atoms with Gasteiger partial charge in [0.25, 0.3) is 0 Å². The summed E-state index contributed by atoms with van der Waals surface area (Å²) in [6.45, 7) is -0.623. The smallest absolute Gasteiger partial charge is 0.351 e. The van der Waals surface area contributed by atoms with Crippen LogP contribution >= 0.6 is 12.6 Å². The standard InChI is InChI=1S/C9H13N3O5S/c10-4-1-2-12(8(16)11-4)7-5(14)6(15)9(18,3-13)17-7/h1-2,5-7,13-15,18H,3H2,(H2,10,11,16)/t5-,6+,7-,9+/m1/s1. The van der Waals surface area contributed by atoms with Crippen LogP contribution in [0.3, 0.4) is 0 Å². The predicted octanol–water partition coefficient (Wildman–Crippen LogP) is -2.31. The minimum Gasteiger partial charge on any atom is -0.392 e. The molecule has 4 atom stereocenters. The number of aliphatic hydroxyl groups is 3. The minimum atomic E-state index is -1.63. The predicted molar refractivity (Wildman–Crippen MR) is 63.8 cm³/mol.